The van der Waals surface area contributed by atoms with E-state index in [1.807, 2.05) is 13.2 Å². The van der Waals surface area contributed by atoms with Crippen molar-refractivity contribution in [1.29, 1.82) is 0 Å². The molecule has 1 heteroatoms. The Hall–Kier alpha value is -0.460. The maximum Gasteiger partial charge on any atom is 0.00276 e. The third-order valence-electron chi connectivity index (χ3n) is 0.905. The van der Waals surface area contributed by atoms with Crippen molar-refractivity contribution in [2.45, 2.75) is 19.3 Å². The van der Waals surface area contributed by atoms with Gasteiger partial charge in [0.15, 0.2) is 0 Å². The fraction of sp³-hybridized carbons (Fsp3) is 0.571. The first-order chi connectivity index (χ1) is 3.91. The molecule has 0 fully saturated rings. The predicted molar refractivity (Wildman–Crippen MR) is 37.4 cm³/mol. The van der Waals surface area contributed by atoms with Gasteiger partial charge < -0.3 is 5.32 Å². The van der Waals surface area contributed by atoms with Crippen LogP contribution in [0.25, 0.3) is 0 Å². The lowest BCUT2D eigenvalue weighted by atomic mass is 10.2. The largest absolute Gasteiger partial charge is 0.394 e. The van der Waals surface area contributed by atoms with Crippen molar-refractivity contribution in [1.82, 2.24) is 5.32 Å². The van der Waals surface area contributed by atoms with Crippen molar-refractivity contribution >= 4 is 0 Å². The molecule has 0 aliphatic heterocycles. The molecule has 0 aromatic rings. The van der Waals surface area contributed by atoms with Crippen LogP contribution in [0.5, 0.6) is 0 Å². The maximum atomic E-state index is 3.73. The molecule has 0 heterocycles. The molecule has 0 bridgehead atoms. The van der Waals surface area contributed by atoms with E-state index in [0.29, 0.717) is 0 Å². The second kappa shape index (κ2) is 6.54. The Bertz CT molecular complexity index is 57.4. The van der Waals surface area contributed by atoms with Crippen LogP contribution in [0.1, 0.15) is 19.3 Å². The standard InChI is InChI=1S/C7H14N/c1-3-4-5-6-7-8-2/h6-8H,1,3-5H2,2H3. The minimum Gasteiger partial charge on any atom is -0.394 e. The van der Waals surface area contributed by atoms with Gasteiger partial charge in [-0.25, -0.2) is 0 Å². The highest BCUT2D eigenvalue weighted by Gasteiger charge is 1.74. The van der Waals surface area contributed by atoms with E-state index < -0.39 is 0 Å². The molecule has 8 heavy (non-hydrogen) atoms. The third-order valence-corrected chi connectivity index (χ3v) is 0.905. The van der Waals surface area contributed by atoms with E-state index in [9.17, 15) is 0 Å². The van der Waals surface area contributed by atoms with Crippen LogP contribution in [0.3, 0.4) is 0 Å². The highest BCUT2D eigenvalue weighted by Crippen LogP contribution is 1.92. The zero-order chi connectivity index (χ0) is 6.24. The summed E-state index contributed by atoms with van der Waals surface area (Å²) in [5.74, 6) is 0. The molecule has 0 aliphatic carbocycles. The minimum absolute atomic E-state index is 1.04. The van der Waals surface area contributed by atoms with Crippen LogP contribution in [0.4, 0.5) is 0 Å². The van der Waals surface area contributed by atoms with E-state index in [1.165, 1.54) is 6.42 Å². The summed E-state index contributed by atoms with van der Waals surface area (Å²) >= 11 is 0. The van der Waals surface area contributed by atoms with Crippen molar-refractivity contribution in [3.63, 3.8) is 0 Å². The monoisotopic (exact) mass is 112 g/mol. The van der Waals surface area contributed by atoms with Gasteiger partial charge in [-0.3, -0.25) is 0 Å². The Morgan fingerprint density at radius 1 is 1.62 bits per heavy atom. The molecule has 1 radical (unpaired) electrons. The normalized spacial score (nSPS) is 10.2. The minimum atomic E-state index is 1.04. The second-order valence-electron chi connectivity index (χ2n) is 1.69. The lowest BCUT2D eigenvalue weighted by Crippen LogP contribution is -1.90. The van der Waals surface area contributed by atoms with Crippen LogP contribution < -0.4 is 5.32 Å². The fourth-order valence-corrected chi connectivity index (χ4v) is 0.463. The highest BCUT2D eigenvalue weighted by molar-refractivity contribution is 4.77. The molecular formula is C7H14N. The van der Waals surface area contributed by atoms with E-state index in [4.69, 9.17) is 0 Å². The van der Waals surface area contributed by atoms with Crippen molar-refractivity contribution in [2.75, 3.05) is 7.05 Å². The smallest absolute Gasteiger partial charge is 0.00276 e. The number of hydrogen-bond donors (Lipinski definition) is 1. The van der Waals surface area contributed by atoms with Crippen molar-refractivity contribution in [2.24, 2.45) is 0 Å². The summed E-state index contributed by atoms with van der Waals surface area (Å²) in [7, 11) is 1.90. The molecule has 0 saturated carbocycles. The predicted octanol–water partition coefficient (Wildman–Crippen LogP) is 1.72. The Labute approximate surface area is 51.8 Å². The summed E-state index contributed by atoms with van der Waals surface area (Å²) in [5.41, 5.74) is 0. The van der Waals surface area contributed by atoms with E-state index in [1.54, 1.807) is 0 Å². The number of nitrogens with one attached hydrogen (secondary N) is 1. The van der Waals surface area contributed by atoms with Gasteiger partial charge in [0.1, 0.15) is 0 Å². The highest BCUT2D eigenvalue weighted by atomic mass is 14.8. The average molecular weight is 112 g/mol. The van der Waals surface area contributed by atoms with Gasteiger partial charge in [-0.05, 0) is 19.0 Å². The molecule has 0 amide bonds. The van der Waals surface area contributed by atoms with Gasteiger partial charge >= 0.3 is 0 Å². The van der Waals surface area contributed by atoms with E-state index in [0.717, 1.165) is 12.8 Å². The van der Waals surface area contributed by atoms with Crippen LogP contribution in [0.2, 0.25) is 0 Å². The summed E-state index contributed by atoms with van der Waals surface area (Å²) in [6, 6.07) is 0. The van der Waals surface area contributed by atoms with Crippen molar-refractivity contribution in [3.8, 4) is 0 Å². The van der Waals surface area contributed by atoms with Crippen LogP contribution in [-0.2, 0) is 0 Å². The van der Waals surface area contributed by atoms with Crippen LogP contribution in [0.15, 0.2) is 12.3 Å². The second-order valence-corrected chi connectivity index (χ2v) is 1.69. The average Bonchev–Trinajstić information content (AvgIpc) is 1.81. The van der Waals surface area contributed by atoms with Gasteiger partial charge in [0.25, 0.3) is 0 Å². The summed E-state index contributed by atoms with van der Waals surface area (Å²) < 4.78 is 0. The molecule has 0 spiro atoms. The molecule has 1 N–H and O–H groups in total. The summed E-state index contributed by atoms with van der Waals surface area (Å²) in [5, 5.41) is 2.93. The molecular weight excluding hydrogens is 98.1 g/mol. The van der Waals surface area contributed by atoms with Crippen molar-refractivity contribution in [3.05, 3.63) is 19.2 Å². The van der Waals surface area contributed by atoms with E-state index in [-0.39, 0.29) is 0 Å². The first-order valence-corrected chi connectivity index (χ1v) is 3.03. The Morgan fingerprint density at radius 3 is 2.88 bits per heavy atom. The van der Waals surface area contributed by atoms with Gasteiger partial charge in [-0.1, -0.05) is 19.4 Å². The molecule has 0 aliphatic rings. The lowest BCUT2D eigenvalue weighted by molar-refractivity contribution is 0.860. The SMILES string of the molecule is [CH2]CCCC=CNC. The van der Waals surface area contributed by atoms with Gasteiger partial charge in [-0.15, -0.1) is 0 Å². The molecule has 0 atom stereocenters. The fourth-order valence-electron chi connectivity index (χ4n) is 0.463. The third kappa shape index (κ3) is 5.54. The number of rotatable bonds is 4. The zero-order valence-electron chi connectivity index (χ0n) is 5.48. The van der Waals surface area contributed by atoms with Crippen LogP contribution >= 0.6 is 0 Å². The van der Waals surface area contributed by atoms with Gasteiger partial charge in [-0.2, -0.15) is 0 Å². The molecule has 0 unspecified atom stereocenters. The number of hydrogen-bond acceptors (Lipinski definition) is 1. The maximum absolute atomic E-state index is 3.73. The van der Waals surface area contributed by atoms with Gasteiger partial charge in [0.05, 0.1) is 0 Å². The quantitative estimate of drug-likeness (QED) is 0.546. The molecule has 1 nitrogen and oxygen atoms in total. The Morgan fingerprint density at radius 2 is 2.38 bits per heavy atom. The topological polar surface area (TPSA) is 12.0 Å². The molecule has 0 rings (SSSR count). The van der Waals surface area contributed by atoms with Crippen LogP contribution in [0, 0.1) is 6.92 Å². The van der Waals surface area contributed by atoms with E-state index >= 15 is 0 Å². The molecule has 0 aromatic carbocycles. The summed E-state index contributed by atoms with van der Waals surface area (Å²) in [6.45, 7) is 3.73. The lowest BCUT2D eigenvalue weighted by Gasteiger charge is -1.87. The summed E-state index contributed by atoms with van der Waals surface area (Å²) in [6.07, 6.45) is 7.44. The van der Waals surface area contributed by atoms with Crippen LogP contribution in [-0.4, -0.2) is 7.05 Å². The Balaban J connectivity index is 2.80. The first-order valence-electron chi connectivity index (χ1n) is 3.03. The molecule has 0 saturated heterocycles. The first kappa shape index (κ1) is 7.54. The molecule has 0 aromatic heterocycles. The number of allylic oxidation sites excluding steroid dienone is 1. The zero-order valence-corrected chi connectivity index (χ0v) is 5.48. The molecule has 47 valence electrons. The van der Waals surface area contributed by atoms with Gasteiger partial charge in [0.2, 0.25) is 0 Å². The van der Waals surface area contributed by atoms with Crippen molar-refractivity contribution < 1.29 is 0 Å². The van der Waals surface area contributed by atoms with Gasteiger partial charge in [0, 0.05) is 7.05 Å². The number of unbranched alkanes of at least 4 members (excludes halogenated alkanes) is 2. The summed E-state index contributed by atoms with van der Waals surface area (Å²) in [4.78, 5) is 0. The van der Waals surface area contributed by atoms with E-state index in [2.05, 4.69) is 18.3 Å². The Kier molecular flexibility index (Phi) is 6.16.